The van der Waals surface area contributed by atoms with Gasteiger partial charge < -0.3 is 15.3 Å². The summed E-state index contributed by atoms with van der Waals surface area (Å²) in [6.45, 7) is 8.72. The molecule has 0 spiro atoms. The molecule has 4 atom stereocenters. The number of anilines is 1. The van der Waals surface area contributed by atoms with Crippen molar-refractivity contribution in [3.63, 3.8) is 0 Å². The predicted molar refractivity (Wildman–Crippen MR) is 142 cm³/mol. The maximum Gasteiger partial charge on any atom is 0.287 e. The number of amidine groups is 1. The minimum Gasteiger partial charge on any atom is -0.511 e. The molecule has 3 heterocycles. The quantitative estimate of drug-likeness (QED) is 0.476. The fourth-order valence-corrected chi connectivity index (χ4v) is 9.61. The van der Waals surface area contributed by atoms with E-state index in [1.54, 1.807) is 5.38 Å². The van der Waals surface area contributed by atoms with Gasteiger partial charge in [-0.3, -0.25) is 4.79 Å². The van der Waals surface area contributed by atoms with Crippen molar-refractivity contribution in [1.29, 1.82) is 0 Å². The lowest BCUT2D eigenvalue weighted by Crippen LogP contribution is -2.62. The van der Waals surface area contributed by atoms with Gasteiger partial charge in [-0.2, -0.15) is 8.42 Å². The van der Waals surface area contributed by atoms with Crippen molar-refractivity contribution in [2.45, 2.75) is 70.4 Å². The van der Waals surface area contributed by atoms with Crippen LogP contribution in [-0.2, 0) is 31.4 Å². The van der Waals surface area contributed by atoms with Gasteiger partial charge in [0.1, 0.15) is 21.2 Å². The monoisotopic (exact) mass is 570 g/mol. The second kappa shape index (κ2) is 8.52. The van der Waals surface area contributed by atoms with Crippen LogP contribution < -0.4 is 10.0 Å². The second-order valence-corrected chi connectivity index (χ2v) is 16.3. The first-order valence-corrected chi connectivity index (χ1v) is 16.7. The lowest BCUT2D eigenvalue weighted by Gasteiger charge is -2.52. The number of nitrogens with zero attached hydrogens (tertiary/aromatic N) is 2. The largest absolute Gasteiger partial charge is 0.511 e. The molecule has 2 aliphatic heterocycles. The maximum absolute atomic E-state index is 14.0. The van der Waals surface area contributed by atoms with E-state index in [1.165, 1.54) is 0 Å². The number of aliphatic hydroxyl groups is 1. The van der Waals surface area contributed by atoms with Crippen LogP contribution in [0.4, 0.5) is 5.00 Å². The summed E-state index contributed by atoms with van der Waals surface area (Å²) in [7, 11) is -7.79. The molecule has 2 fully saturated rings. The Morgan fingerprint density at radius 1 is 1.32 bits per heavy atom. The first-order valence-electron chi connectivity index (χ1n) is 12.5. The van der Waals surface area contributed by atoms with E-state index in [4.69, 9.17) is 0 Å². The maximum atomic E-state index is 14.0. The molecule has 0 aromatic carbocycles. The van der Waals surface area contributed by atoms with Crippen molar-refractivity contribution in [3.05, 3.63) is 22.3 Å². The number of hydrogen-bond donors (Lipinski definition) is 3. The molecule has 37 heavy (non-hydrogen) atoms. The number of rotatable bonds is 6. The van der Waals surface area contributed by atoms with Gasteiger partial charge in [0.05, 0.1) is 11.8 Å². The number of fused-ring (bicyclic) bond motifs is 6. The zero-order valence-corrected chi connectivity index (χ0v) is 24.1. The highest BCUT2D eigenvalue weighted by Gasteiger charge is 2.64. The normalized spacial score (nSPS) is 30.7. The highest BCUT2D eigenvalue weighted by Crippen LogP contribution is 2.61. The summed E-state index contributed by atoms with van der Waals surface area (Å²) in [4.78, 5) is 15.8. The number of amides is 1. The van der Waals surface area contributed by atoms with Gasteiger partial charge in [0.15, 0.2) is 5.84 Å². The standard InChI is InChI=1S/C24H34N4O6S3/c1-23(2,3)8-9-28-22(30)16(18(29)17-13-6-7-15(10-13)24(17,28)4)20-26-21-19(37(33,34)27-20)14(12-35-21)11-25-36(5,31)32/h12-13,15,17,25,29H,6-11H2,1-5H3,(H,26,27)/t13-,15+,17-,24-/m0/s1. The van der Waals surface area contributed by atoms with Gasteiger partial charge in [-0.1, -0.05) is 20.8 Å². The van der Waals surface area contributed by atoms with Gasteiger partial charge in [0.25, 0.3) is 15.9 Å². The molecule has 13 heteroatoms. The predicted octanol–water partition coefficient (Wildman–Crippen LogP) is 3.21. The highest BCUT2D eigenvalue weighted by molar-refractivity contribution is 7.91. The molecule has 10 nitrogen and oxygen atoms in total. The van der Waals surface area contributed by atoms with Crippen LogP contribution in [0.15, 0.2) is 26.0 Å². The number of nitrogens with one attached hydrogen (secondary N) is 2. The Morgan fingerprint density at radius 3 is 2.68 bits per heavy atom. The minimum absolute atomic E-state index is 0.0145. The van der Waals surface area contributed by atoms with Crippen LogP contribution in [0.2, 0.25) is 0 Å². The molecule has 2 bridgehead atoms. The van der Waals surface area contributed by atoms with Gasteiger partial charge in [-0.15, -0.1) is 15.7 Å². The summed E-state index contributed by atoms with van der Waals surface area (Å²) in [5.74, 6) is -0.424. The van der Waals surface area contributed by atoms with Crippen LogP contribution in [0.5, 0.6) is 0 Å². The number of sulfonamides is 2. The van der Waals surface area contributed by atoms with Crippen molar-refractivity contribution in [1.82, 2.24) is 9.62 Å². The van der Waals surface area contributed by atoms with Crippen molar-refractivity contribution >= 4 is 48.1 Å². The van der Waals surface area contributed by atoms with Crippen LogP contribution in [-0.4, -0.2) is 56.9 Å². The van der Waals surface area contributed by atoms with E-state index < -0.39 is 31.5 Å². The zero-order valence-electron chi connectivity index (χ0n) is 21.7. The third-order valence-electron chi connectivity index (χ3n) is 8.36. The van der Waals surface area contributed by atoms with Crippen molar-refractivity contribution in [2.75, 3.05) is 18.1 Å². The number of carbonyl (C=O) groups is 1. The van der Waals surface area contributed by atoms with Gasteiger partial charge in [-0.25, -0.2) is 13.1 Å². The zero-order chi connectivity index (χ0) is 27.1. The molecule has 1 aromatic rings. The molecule has 0 radical (unpaired) electrons. The van der Waals surface area contributed by atoms with E-state index in [0.29, 0.717) is 6.54 Å². The number of thiophene rings is 1. The second-order valence-electron chi connectivity index (χ2n) is 12.1. The van der Waals surface area contributed by atoms with Crippen LogP contribution in [0, 0.1) is 23.2 Å². The topological polar surface area (TPSA) is 145 Å². The molecule has 4 aliphatic rings. The summed E-state index contributed by atoms with van der Waals surface area (Å²) in [6.07, 6.45) is 4.66. The average Bonchev–Trinajstić information content (AvgIpc) is 3.44. The van der Waals surface area contributed by atoms with E-state index in [1.807, 2.05) is 4.90 Å². The summed E-state index contributed by atoms with van der Waals surface area (Å²) < 4.78 is 55.9. The average molecular weight is 571 g/mol. The summed E-state index contributed by atoms with van der Waals surface area (Å²) in [5.41, 5.74) is -0.353. The van der Waals surface area contributed by atoms with Crippen LogP contribution >= 0.6 is 11.3 Å². The number of hydrogen-bond acceptors (Lipinski definition) is 8. The Morgan fingerprint density at radius 2 is 2.03 bits per heavy atom. The molecular weight excluding hydrogens is 536 g/mol. The Bertz CT molecular complexity index is 1440. The third-order valence-corrected chi connectivity index (χ3v) is 11.5. The molecule has 1 amide bonds. The molecule has 5 rings (SSSR count). The van der Waals surface area contributed by atoms with Crippen LogP contribution in [0.1, 0.15) is 58.9 Å². The molecule has 1 aromatic heterocycles. The first kappa shape index (κ1) is 26.6. The fourth-order valence-electron chi connectivity index (χ4n) is 6.59. The molecule has 3 N–H and O–H groups in total. The van der Waals surface area contributed by atoms with Crippen LogP contribution in [0.3, 0.4) is 0 Å². The van der Waals surface area contributed by atoms with E-state index >= 15 is 0 Å². The van der Waals surface area contributed by atoms with E-state index in [-0.39, 0.29) is 62.3 Å². The van der Waals surface area contributed by atoms with Gasteiger partial charge in [0.2, 0.25) is 10.0 Å². The minimum atomic E-state index is -4.26. The molecule has 0 unspecified atom stereocenters. The van der Waals surface area contributed by atoms with Crippen molar-refractivity contribution in [3.8, 4) is 0 Å². The van der Waals surface area contributed by atoms with Gasteiger partial charge in [0, 0.05) is 24.6 Å². The van der Waals surface area contributed by atoms with Crippen LogP contribution in [0.25, 0.3) is 0 Å². The molecule has 0 saturated heterocycles. The van der Waals surface area contributed by atoms with Crippen molar-refractivity contribution in [2.24, 2.45) is 27.6 Å². The van der Waals surface area contributed by atoms with E-state index in [9.17, 15) is 26.7 Å². The Balaban J connectivity index is 1.56. The Hall–Kier alpha value is -1.96. The van der Waals surface area contributed by atoms with Gasteiger partial charge >= 0.3 is 0 Å². The highest BCUT2D eigenvalue weighted by atomic mass is 32.2. The molecular formula is C24H34N4O6S3. The smallest absolute Gasteiger partial charge is 0.287 e. The number of aliphatic hydroxyl groups excluding tert-OH is 1. The summed E-state index contributed by atoms with van der Waals surface area (Å²) in [5, 5.41) is 16.3. The fraction of sp³-hybridized carbons (Fsp3) is 0.667. The third kappa shape index (κ3) is 4.41. The van der Waals surface area contributed by atoms with Gasteiger partial charge in [-0.05, 0) is 55.2 Å². The Labute approximate surface area is 222 Å². The van der Waals surface area contributed by atoms with E-state index in [2.05, 4.69) is 42.1 Å². The molecule has 204 valence electrons. The summed E-state index contributed by atoms with van der Waals surface area (Å²) >= 11 is 1.09. The SMILES string of the molecule is CC(C)(C)CCN1C(=O)C(C2=NS(=O)(=O)c3c(CNS(C)(=O)=O)csc3N2)=C(O)[C@@H]2[C@H]3CC[C@H](C3)[C@@]21C. The first-order chi connectivity index (χ1) is 17.0. The molecule has 2 saturated carbocycles. The summed E-state index contributed by atoms with van der Waals surface area (Å²) in [6, 6.07) is 0. The lowest BCUT2D eigenvalue weighted by atomic mass is 9.68. The molecule has 2 aliphatic carbocycles. The number of carbonyl (C=O) groups excluding carboxylic acids is 1. The lowest BCUT2D eigenvalue weighted by molar-refractivity contribution is -0.140. The van der Waals surface area contributed by atoms with E-state index in [0.717, 1.165) is 43.3 Å². The Kier molecular flexibility index (Phi) is 6.13. The van der Waals surface area contributed by atoms with Crippen molar-refractivity contribution < 1.29 is 26.7 Å².